The van der Waals surface area contributed by atoms with Crippen molar-refractivity contribution in [2.24, 2.45) is 5.92 Å². The lowest BCUT2D eigenvalue weighted by Crippen LogP contribution is -2.22. The van der Waals surface area contributed by atoms with E-state index < -0.39 is 0 Å². The van der Waals surface area contributed by atoms with E-state index in [4.69, 9.17) is 11.6 Å². The highest BCUT2D eigenvalue weighted by atomic mass is 35.5. The maximum absolute atomic E-state index is 6.26. The van der Waals surface area contributed by atoms with Gasteiger partial charge in [0.15, 0.2) is 0 Å². The van der Waals surface area contributed by atoms with Crippen LogP contribution in [0.5, 0.6) is 0 Å². The van der Waals surface area contributed by atoms with E-state index in [-0.39, 0.29) is 0 Å². The Kier molecular flexibility index (Phi) is 3.38. The predicted octanol–water partition coefficient (Wildman–Crippen LogP) is 2.92. The number of aromatic nitrogens is 4. The van der Waals surface area contributed by atoms with Crippen molar-refractivity contribution in [3.05, 3.63) is 29.5 Å². The quantitative estimate of drug-likeness (QED) is 0.937. The minimum atomic E-state index is 0.502. The van der Waals surface area contributed by atoms with Crippen molar-refractivity contribution in [3.63, 3.8) is 0 Å². The van der Waals surface area contributed by atoms with Crippen molar-refractivity contribution in [2.75, 3.05) is 5.32 Å². The Labute approximate surface area is 117 Å². The Balaban J connectivity index is 1.86. The lowest BCUT2D eigenvalue weighted by atomic mass is 10.1. The molecule has 1 aromatic carbocycles. The minimum absolute atomic E-state index is 0.502. The zero-order valence-electron chi connectivity index (χ0n) is 10.8. The smallest absolute Gasteiger partial charge is 0.143 e. The van der Waals surface area contributed by atoms with E-state index in [1.165, 1.54) is 19.3 Å². The maximum Gasteiger partial charge on any atom is 0.143 e. The average Bonchev–Trinajstić information content (AvgIpc) is 3.05. The zero-order chi connectivity index (χ0) is 13.2. The number of tetrazole rings is 1. The first-order valence-corrected chi connectivity index (χ1v) is 6.91. The molecule has 0 aliphatic heterocycles. The third-order valence-electron chi connectivity index (χ3n) is 3.77. The summed E-state index contributed by atoms with van der Waals surface area (Å²) in [7, 11) is 0. The fourth-order valence-electron chi connectivity index (χ4n) is 2.61. The van der Waals surface area contributed by atoms with Gasteiger partial charge in [-0.2, -0.15) is 0 Å². The summed E-state index contributed by atoms with van der Waals surface area (Å²) in [4.78, 5) is 0. The van der Waals surface area contributed by atoms with Gasteiger partial charge < -0.3 is 5.32 Å². The third-order valence-corrected chi connectivity index (χ3v) is 4.10. The Bertz CT molecular complexity index is 554. The molecule has 1 aliphatic carbocycles. The number of rotatable bonds is 3. The largest absolute Gasteiger partial charge is 0.381 e. The van der Waals surface area contributed by atoms with E-state index in [1.807, 2.05) is 18.2 Å². The third kappa shape index (κ3) is 2.56. The summed E-state index contributed by atoms with van der Waals surface area (Å²) in [5, 5.41) is 15.5. The van der Waals surface area contributed by atoms with Gasteiger partial charge >= 0.3 is 0 Å². The van der Waals surface area contributed by atoms with Gasteiger partial charge in [0.1, 0.15) is 6.33 Å². The summed E-state index contributed by atoms with van der Waals surface area (Å²) in [6.07, 6.45) is 5.34. The fourth-order valence-corrected chi connectivity index (χ4v) is 2.78. The summed E-state index contributed by atoms with van der Waals surface area (Å²) in [6, 6.07) is 6.27. The highest BCUT2D eigenvalue weighted by molar-refractivity contribution is 6.33. The Morgan fingerprint density at radius 2 is 2.26 bits per heavy atom. The summed E-state index contributed by atoms with van der Waals surface area (Å²) in [5.74, 6) is 0.688. The number of nitrogens with zero attached hydrogens (tertiary/aromatic N) is 4. The molecule has 1 aliphatic rings. The first kappa shape index (κ1) is 12.4. The van der Waals surface area contributed by atoms with Crippen molar-refractivity contribution in [1.82, 2.24) is 20.2 Å². The van der Waals surface area contributed by atoms with Crippen molar-refractivity contribution >= 4 is 17.3 Å². The van der Waals surface area contributed by atoms with Crippen LogP contribution in [-0.2, 0) is 0 Å². The summed E-state index contributed by atoms with van der Waals surface area (Å²) < 4.78 is 1.62. The molecule has 2 aromatic rings. The van der Waals surface area contributed by atoms with Crippen LogP contribution in [0, 0.1) is 5.92 Å². The number of nitrogens with one attached hydrogen (secondary N) is 1. The highest BCUT2D eigenvalue weighted by Crippen LogP contribution is 2.31. The second-order valence-corrected chi connectivity index (χ2v) is 5.48. The van der Waals surface area contributed by atoms with E-state index in [0.29, 0.717) is 12.0 Å². The van der Waals surface area contributed by atoms with Crippen molar-refractivity contribution < 1.29 is 0 Å². The van der Waals surface area contributed by atoms with Crippen LogP contribution in [0.1, 0.15) is 26.2 Å². The number of benzene rings is 1. The normalized spacial score (nSPS) is 22.6. The molecule has 1 fully saturated rings. The van der Waals surface area contributed by atoms with Crippen molar-refractivity contribution in [1.29, 1.82) is 0 Å². The lowest BCUT2D eigenvalue weighted by molar-refractivity contribution is 0.556. The molecule has 1 aromatic heterocycles. The molecule has 100 valence electrons. The van der Waals surface area contributed by atoms with E-state index >= 15 is 0 Å². The van der Waals surface area contributed by atoms with Crippen LogP contribution < -0.4 is 5.32 Å². The van der Waals surface area contributed by atoms with Gasteiger partial charge in [0.25, 0.3) is 0 Å². The van der Waals surface area contributed by atoms with Crippen LogP contribution in [0.2, 0.25) is 5.02 Å². The molecular formula is C13H16ClN5. The molecule has 0 spiro atoms. The molecule has 5 nitrogen and oxygen atoms in total. The SMILES string of the molecule is CC1CCCC1Nc1cc(-n2cnnn2)ccc1Cl. The van der Waals surface area contributed by atoms with Gasteiger partial charge in [-0.1, -0.05) is 24.9 Å². The monoisotopic (exact) mass is 277 g/mol. The molecule has 1 N–H and O–H groups in total. The summed E-state index contributed by atoms with van der Waals surface area (Å²) in [6.45, 7) is 2.28. The molecule has 1 saturated carbocycles. The van der Waals surface area contributed by atoms with Crippen LogP contribution in [0.3, 0.4) is 0 Å². The van der Waals surface area contributed by atoms with E-state index in [1.54, 1.807) is 11.0 Å². The van der Waals surface area contributed by atoms with Gasteiger partial charge in [0.2, 0.25) is 0 Å². The standard InChI is InChI=1S/C13H16ClN5/c1-9-3-2-4-12(9)16-13-7-10(5-6-11(13)14)19-8-15-17-18-19/h5-9,12,16H,2-4H2,1H3. The average molecular weight is 278 g/mol. The highest BCUT2D eigenvalue weighted by Gasteiger charge is 2.23. The molecule has 6 heteroatoms. The number of hydrogen-bond donors (Lipinski definition) is 1. The Morgan fingerprint density at radius 1 is 1.37 bits per heavy atom. The van der Waals surface area contributed by atoms with Crippen LogP contribution in [0.4, 0.5) is 5.69 Å². The van der Waals surface area contributed by atoms with Crippen LogP contribution in [0.15, 0.2) is 24.5 Å². The van der Waals surface area contributed by atoms with Gasteiger partial charge in [0, 0.05) is 6.04 Å². The van der Waals surface area contributed by atoms with E-state index in [0.717, 1.165) is 16.4 Å². The predicted molar refractivity (Wildman–Crippen MR) is 74.6 cm³/mol. The van der Waals surface area contributed by atoms with Crippen LogP contribution in [0.25, 0.3) is 5.69 Å². The van der Waals surface area contributed by atoms with Crippen LogP contribution >= 0.6 is 11.6 Å². The number of halogens is 1. The first-order valence-electron chi connectivity index (χ1n) is 6.53. The minimum Gasteiger partial charge on any atom is -0.381 e. The number of anilines is 1. The Hall–Kier alpha value is -1.62. The van der Waals surface area contributed by atoms with E-state index in [2.05, 4.69) is 27.8 Å². The van der Waals surface area contributed by atoms with Gasteiger partial charge in [0.05, 0.1) is 16.4 Å². The zero-order valence-corrected chi connectivity index (χ0v) is 11.5. The molecular weight excluding hydrogens is 262 g/mol. The molecule has 19 heavy (non-hydrogen) atoms. The molecule has 0 radical (unpaired) electrons. The number of hydrogen-bond acceptors (Lipinski definition) is 4. The topological polar surface area (TPSA) is 55.6 Å². The fraction of sp³-hybridized carbons (Fsp3) is 0.462. The molecule has 0 bridgehead atoms. The molecule has 2 atom stereocenters. The lowest BCUT2D eigenvalue weighted by Gasteiger charge is -2.20. The molecule has 2 unspecified atom stereocenters. The summed E-state index contributed by atoms with van der Waals surface area (Å²) in [5.41, 5.74) is 1.86. The maximum atomic E-state index is 6.26. The van der Waals surface area contributed by atoms with E-state index in [9.17, 15) is 0 Å². The second kappa shape index (κ2) is 5.17. The van der Waals surface area contributed by atoms with Crippen molar-refractivity contribution in [2.45, 2.75) is 32.2 Å². The first-order chi connectivity index (χ1) is 9.24. The molecule has 0 amide bonds. The second-order valence-electron chi connectivity index (χ2n) is 5.08. The van der Waals surface area contributed by atoms with Gasteiger partial charge in [-0.3, -0.25) is 0 Å². The van der Waals surface area contributed by atoms with Crippen molar-refractivity contribution in [3.8, 4) is 5.69 Å². The molecule has 0 saturated heterocycles. The van der Waals surface area contributed by atoms with Crippen LogP contribution in [-0.4, -0.2) is 26.2 Å². The molecule has 1 heterocycles. The molecule has 3 rings (SSSR count). The van der Waals surface area contributed by atoms with Gasteiger partial charge in [-0.05, 0) is 47.4 Å². The summed E-state index contributed by atoms with van der Waals surface area (Å²) >= 11 is 6.26. The van der Waals surface area contributed by atoms with Gasteiger partial charge in [-0.25, -0.2) is 4.68 Å². The Morgan fingerprint density at radius 3 is 2.95 bits per heavy atom. The van der Waals surface area contributed by atoms with Gasteiger partial charge in [-0.15, -0.1) is 5.10 Å².